The van der Waals surface area contributed by atoms with E-state index in [1.807, 2.05) is 19.9 Å². The summed E-state index contributed by atoms with van der Waals surface area (Å²) in [7, 11) is 4.56. The van der Waals surface area contributed by atoms with E-state index in [2.05, 4.69) is 15.4 Å². The maximum atomic E-state index is 12.7. The Morgan fingerprint density at radius 1 is 1.04 bits per heavy atom. The van der Waals surface area contributed by atoms with Crippen LogP contribution in [0.15, 0.2) is 24.4 Å². The number of carbonyl (C=O) groups is 1. The van der Waals surface area contributed by atoms with Crippen LogP contribution in [0.1, 0.15) is 21.7 Å². The first-order chi connectivity index (χ1) is 12.5. The van der Waals surface area contributed by atoms with Gasteiger partial charge in [0, 0.05) is 29.2 Å². The molecule has 0 aliphatic heterocycles. The lowest BCUT2D eigenvalue weighted by Crippen LogP contribution is -2.13. The number of nitrogens with one attached hydrogen (secondary N) is 1. The first-order valence-electron chi connectivity index (χ1n) is 7.91. The molecule has 26 heavy (non-hydrogen) atoms. The van der Waals surface area contributed by atoms with Gasteiger partial charge in [0.2, 0.25) is 5.75 Å². The average molecular weight is 356 g/mol. The molecule has 0 bridgehead atoms. The van der Waals surface area contributed by atoms with Gasteiger partial charge in [0.1, 0.15) is 5.56 Å². The maximum absolute atomic E-state index is 12.7. The second-order valence-electron chi connectivity index (χ2n) is 5.70. The predicted molar refractivity (Wildman–Crippen MR) is 96.5 cm³/mol. The van der Waals surface area contributed by atoms with Gasteiger partial charge in [-0.1, -0.05) is 0 Å². The summed E-state index contributed by atoms with van der Waals surface area (Å²) < 4.78 is 17.5. The molecule has 0 atom stereocenters. The van der Waals surface area contributed by atoms with Crippen LogP contribution in [0, 0.1) is 13.8 Å². The molecule has 0 saturated heterocycles. The zero-order valence-corrected chi connectivity index (χ0v) is 15.3. The fourth-order valence-electron chi connectivity index (χ4n) is 2.78. The minimum absolute atomic E-state index is 0.327. The van der Waals surface area contributed by atoms with Gasteiger partial charge in [-0.3, -0.25) is 4.79 Å². The number of rotatable bonds is 5. The van der Waals surface area contributed by atoms with Crippen molar-refractivity contribution in [1.29, 1.82) is 0 Å². The van der Waals surface area contributed by atoms with Crippen molar-refractivity contribution < 1.29 is 19.0 Å². The van der Waals surface area contributed by atoms with Crippen molar-refractivity contribution in [2.45, 2.75) is 13.8 Å². The molecule has 136 valence electrons. The molecule has 8 nitrogen and oxygen atoms in total. The van der Waals surface area contributed by atoms with Crippen LogP contribution in [-0.4, -0.2) is 41.8 Å². The van der Waals surface area contributed by atoms with Crippen molar-refractivity contribution in [3.63, 3.8) is 0 Å². The molecular formula is C18H20N4O4. The molecule has 2 aromatic heterocycles. The molecule has 0 fully saturated rings. The lowest BCUT2D eigenvalue weighted by atomic mass is 10.2. The first-order valence-corrected chi connectivity index (χ1v) is 7.91. The van der Waals surface area contributed by atoms with Crippen LogP contribution in [0.3, 0.4) is 0 Å². The van der Waals surface area contributed by atoms with Gasteiger partial charge in [-0.15, -0.1) is 0 Å². The van der Waals surface area contributed by atoms with E-state index >= 15 is 0 Å². The molecule has 0 radical (unpaired) electrons. The number of hydrogen-bond donors (Lipinski definition) is 1. The van der Waals surface area contributed by atoms with Gasteiger partial charge in [0.15, 0.2) is 17.1 Å². The summed E-state index contributed by atoms with van der Waals surface area (Å²) in [5, 5.41) is 7.07. The fourth-order valence-corrected chi connectivity index (χ4v) is 2.78. The zero-order chi connectivity index (χ0) is 18.8. The van der Waals surface area contributed by atoms with E-state index in [4.69, 9.17) is 14.2 Å². The number of aryl methyl sites for hydroxylation is 2. The highest BCUT2D eigenvalue weighted by Gasteiger charge is 2.18. The molecule has 0 aliphatic rings. The molecule has 3 rings (SSSR count). The van der Waals surface area contributed by atoms with Crippen molar-refractivity contribution in [3.8, 4) is 17.2 Å². The molecule has 1 N–H and O–H groups in total. The third kappa shape index (κ3) is 3.01. The zero-order valence-electron chi connectivity index (χ0n) is 15.3. The summed E-state index contributed by atoms with van der Waals surface area (Å²) in [5.41, 5.74) is 3.11. The second kappa shape index (κ2) is 6.91. The normalized spacial score (nSPS) is 10.7. The number of amides is 1. The molecule has 8 heteroatoms. The Morgan fingerprint density at radius 2 is 1.69 bits per heavy atom. The Balaban J connectivity index is 1.98. The lowest BCUT2D eigenvalue weighted by Gasteiger charge is -2.14. The van der Waals surface area contributed by atoms with E-state index in [1.165, 1.54) is 27.5 Å². The highest BCUT2D eigenvalue weighted by atomic mass is 16.5. The van der Waals surface area contributed by atoms with Crippen molar-refractivity contribution in [2.75, 3.05) is 26.6 Å². The monoisotopic (exact) mass is 356 g/mol. The van der Waals surface area contributed by atoms with Crippen LogP contribution in [0.25, 0.3) is 5.65 Å². The molecular weight excluding hydrogens is 336 g/mol. The van der Waals surface area contributed by atoms with Crippen LogP contribution < -0.4 is 19.5 Å². The third-order valence-corrected chi connectivity index (χ3v) is 3.95. The topological polar surface area (TPSA) is 87.0 Å². The van der Waals surface area contributed by atoms with Crippen LogP contribution in [-0.2, 0) is 0 Å². The largest absolute Gasteiger partial charge is 0.493 e. The second-order valence-corrected chi connectivity index (χ2v) is 5.70. The highest BCUT2D eigenvalue weighted by Crippen LogP contribution is 2.40. The van der Waals surface area contributed by atoms with E-state index in [-0.39, 0.29) is 5.91 Å². The summed E-state index contributed by atoms with van der Waals surface area (Å²) in [6, 6.07) is 5.23. The van der Waals surface area contributed by atoms with Crippen LogP contribution >= 0.6 is 0 Å². The van der Waals surface area contributed by atoms with Crippen LogP contribution in [0.5, 0.6) is 17.2 Å². The van der Waals surface area contributed by atoms with Gasteiger partial charge in [-0.05, 0) is 19.9 Å². The van der Waals surface area contributed by atoms with Gasteiger partial charge >= 0.3 is 0 Å². The minimum Gasteiger partial charge on any atom is -0.493 e. The van der Waals surface area contributed by atoms with Crippen molar-refractivity contribution >= 4 is 17.2 Å². The van der Waals surface area contributed by atoms with Gasteiger partial charge < -0.3 is 19.5 Å². The number of hydrogen-bond acceptors (Lipinski definition) is 6. The summed E-state index contributed by atoms with van der Waals surface area (Å²) in [4.78, 5) is 17.2. The number of methoxy groups -OCH3 is 3. The molecule has 0 saturated carbocycles. The van der Waals surface area contributed by atoms with E-state index in [1.54, 1.807) is 16.6 Å². The Labute approximate surface area is 150 Å². The Bertz CT molecular complexity index is 956. The molecule has 1 amide bonds. The first kappa shape index (κ1) is 17.5. The van der Waals surface area contributed by atoms with E-state index in [9.17, 15) is 4.79 Å². The summed E-state index contributed by atoms with van der Waals surface area (Å²) >= 11 is 0. The minimum atomic E-state index is -0.327. The standard InChI is InChI=1S/C18H20N4O4/c1-10-6-11(2)22-17(20-10)13(9-19-22)18(23)21-12-7-14(24-3)16(26-5)15(8-12)25-4/h6-9H,1-5H3,(H,21,23). The average Bonchev–Trinajstić information content (AvgIpc) is 3.04. The fraction of sp³-hybridized carbons (Fsp3) is 0.278. The number of nitrogens with zero attached hydrogens (tertiary/aromatic N) is 3. The van der Waals surface area contributed by atoms with Crippen molar-refractivity contribution in [3.05, 3.63) is 41.3 Å². The number of aromatic nitrogens is 3. The molecule has 0 spiro atoms. The summed E-state index contributed by atoms with van der Waals surface area (Å²) in [6.45, 7) is 3.79. The summed E-state index contributed by atoms with van der Waals surface area (Å²) in [6.07, 6.45) is 1.50. The number of carbonyl (C=O) groups excluding carboxylic acids is 1. The van der Waals surface area contributed by atoms with Crippen LogP contribution in [0.4, 0.5) is 5.69 Å². The SMILES string of the molecule is COc1cc(NC(=O)c2cnn3c(C)cc(C)nc23)cc(OC)c1OC. The molecule has 0 unspecified atom stereocenters. The maximum Gasteiger partial charge on any atom is 0.261 e. The Morgan fingerprint density at radius 3 is 2.27 bits per heavy atom. The molecule has 2 heterocycles. The number of ether oxygens (including phenoxy) is 3. The van der Waals surface area contributed by atoms with Crippen molar-refractivity contribution in [2.24, 2.45) is 0 Å². The Kier molecular flexibility index (Phi) is 4.66. The third-order valence-electron chi connectivity index (χ3n) is 3.95. The van der Waals surface area contributed by atoms with Gasteiger partial charge in [0.05, 0.1) is 27.5 Å². The molecule has 0 aliphatic carbocycles. The predicted octanol–water partition coefficient (Wildman–Crippen LogP) is 2.62. The summed E-state index contributed by atoms with van der Waals surface area (Å²) in [5.74, 6) is 1.03. The Hall–Kier alpha value is -3.29. The quantitative estimate of drug-likeness (QED) is 0.756. The smallest absolute Gasteiger partial charge is 0.261 e. The highest BCUT2D eigenvalue weighted by molar-refractivity contribution is 6.08. The lowest BCUT2D eigenvalue weighted by molar-refractivity contribution is 0.102. The van der Waals surface area contributed by atoms with Crippen LogP contribution in [0.2, 0.25) is 0 Å². The van der Waals surface area contributed by atoms with Gasteiger partial charge in [-0.2, -0.15) is 5.10 Å². The van der Waals surface area contributed by atoms with E-state index in [0.717, 1.165) is 11.4 Å². The van der Waals surface area contributed by atoms with E-state index < -0.39 is 0 Å². The molecule has 1 aromatic carbocycles. The number of fused-ring (bicyclic) bond motifs is 1. The van der Waals surface area contributed by atoms with E-state index in [0.29, 0.717) is 34.1 Å². The van der Waals surface area contributed by atoms with Gasteiger partial charge in [0.25, 0.3) is 5.91 Å². The number of anilines is 1. The van der Waals surface area contributed by atoms with Gasteiger partial charge in [-0.25, -0.2) is 9.50 Å². The molecule has 3 aromatic rings. The van der Waals surface area contributed by atoms with Crippen molar-refractivity contribution in [1.82, 2.24) is 14.6 Å². The number of benzene rings is 1.